The Balaban J connectivity index is 2.43. The van der Waals surface area contributed by atoms with E-state index in [1.54, 1.807) is 24.8 Å². The lowest BCUT2D eigenvalue weighted by molar-refractivity contribution is 0.0526. The topological polar surface area (TPSA) is 26.3 Å². The molecule has 1 aliphatic heterocycles. The molecule has 0 aromatic heterocycles. The summed E-state index contributed by atoms with van der Waals surface area (Å²) in [5.74, 6) is 0.591. The van der Waals surface area contributed by atoms with Gasteiger partial charge in [0.25, 0.3) is 0 Å². The number of halogens is 2. The van der Waals surface area contributed by atoms with Gasteiger partial charge < -0.3 is 4.74 Å². The van der Waals surface area contributed by atoms with Crippen LogP contribution in [0, 0.1) is 0 Å². The Kier molecular flexibility index (Phi) is 3.82. The van der Waals surface area contributed by atoms with E-state index in [2.05, 4.69) is 15.9 Å². The molecule has 1 unspecified atom stereocenters. The molecule has 2 nitrogen and oxygen atoms in total. The summed E-state index contributed by atoms with van der Waals surface area (Å²) in [5.41, 5.74) is 1.46. The Bertz CT molecular complexity index is 436. The average molecular weight is 322 g/mol. The fraction of sp³-hybridized carbons (Fsp3) is 0.364. The lowest BCUT2D eigenvalue weighted by Gasteiger charge is -2.09. The van der Waals surface area contributed by atoms with Crippen molar-refractivity contribution in [3.8, 4) is 0 Å². The molecule has 0 saturated heterocycles. The Morgan fingerprint density at radius 1 is 1.69 bits per heavy atom. The summed E-state index contributed by atoms with van der Waals surface area (Å²) in [5, 5.41) is 0.517. The molecule has 0 saturated carbocycles. The zero-order valence-corrected chi connectivity index (χ0v) is 11.8. The van der Waals surface area contributed by atoms with Gasteiger partial charge in [-0.15, -0.1) is 11.8 Å². The summed E-state index contributed by atoms with van der Waals surface area (Å²) in [6.07, 6.45) is 0. The van der Waals surface area contributed by atoms with E-state index < -0.39 is 0 Å². The van der Waals surface area contributed by atoms with Crippen LogP contribution in [-0.2, 0) is 4.74 Å². The monoisotopic (exact) mass is 320 g/mol. The van der Waals surface area contributed by atoms with Crippen LogP contribution in [0.3, 0.4) is 0 Å². The minimum Gasteiger partial charge on any atom is -0.462 e. The summed E-state index contributed by atoms with van der Waals surface area (Å²) < 4.78 is 4.96. The van der Waals surface area contributed by atoms with Crippen LogP contribution < -0.4 is 0 Å². The van der Waals surface area contributed by atoms with E-state index in [9.17, 15) is 4.79 Å². The Morgan fingerprint density at radius 2 is 2.44 bits per heavy atom. The first-order valence-corrected chi connectivity index (χ1v) is 7.19. The summed E-state index contributed by atoms with van der Waals surface area (Å²) in [4.78, 5) is 13.0. The van der Waals surface area contributed by atoms with Crippen molar-refractivity contribution in [3.63, 3.8) is 0 Å². The van der Waals surface area contributed by atoms with Gasteiger partial charge in [0.1, 0.15) is 0 Å². The van der Waals surface area contributed by atoms with Crippen molar-refractivity contribution < 1.29 is 9.53 Å². The third-order valence-corrected chi connectivity index (χ3v) is 5.12. The fourth-order valence-corrected chi connectivity index (χ4v) is 4.25. The molecule has 0 aliphatic carbocycles. The van der Waals surface area contributed by atoms with E-state index in [0.29, 0.717) is 17.2 Å². The minimum absolute atomic E-state index is 0.217. The maximum atomic E-state index is 11.6. The number of hydrogen-bond donors (Lipinski definition) is 0. The van der Waals surface area contributed by atoms with Crippen LogP contribution in [-0.4, -0.2) is 18.3 Å². The molecule has 1 aromatic carbocycles. The van der Waals surface area contributed by atoms with Crippen LogP contribution in [0.1, 0.15) is 27.7 Å². The molecule has 0 radical (unpaired) electrons. The molecule has 1 heterocycles. The highest BCUT2D eigenvalue weighted by molar-refractivity contribution is 9.09. The molecule has 16 heavy (non-hydrogen) atoms. The van der Waals surface area contributed by atoms with Crippen molar-refractivity contribution in [3.05, 3.63) is 28.3 Å². The standard InChI is InChI=1S/C11H10BrClO2S/c1-2-15-11(14)6-3-4-8-9(10(6)13)7(12)5-16-8/h3-4,7H,2,5H2,1H3. The maximum absolute atomic E-state index is 11.6. The van der Waals surface area contributed by atoms with Crippen molar-refractivity contribution in [1.82, 2.24) is 0 Å². The first-order valence-electron chi connectivity index (χ1n) is 4.91. The van der Waals surface area contributed by atoms with Crippen molar-refractivity contribution in [2.24, 2.45) is 0 Å². The lowest BCUT2D eigenvalue weighted by atomic mass is 10.1. The van der Waals surface area contributed by atoms with Crippen molar-refractivity contribution >= 4 is 45.3 Å². The summed E-state index contributed by atoms with van der Waals surface area (Å²) in [6.45, 7) is 2.14. The van der Waals surface area contributed by atoms with Crippen molar-refractivity contribution in [2.45, 2.75) is 16.6 Å². The second kappa shape index (κ2) is 4.98. The van der Waals surface area contributed by atoms with Gasteiger partial charge in [-0.25, -0.2) is 4.79 Å². The maximum Gasteiger partial charge on any atom is 0.339 e. The van der Waals surface area contributed by atoms with Gasteiger partial charge in [-0.2, -0.15) is 0 Å². The quantitative estimate of drug-likeness (QED) is 0.607. The molecule has 2 rings (SSSR count). The molecule has 0 amide bonds. The van der Waals surface area contributed by atoms with Gasteiger partial charge in [-0.1, -0.05) is 27.5 Å². The normalized spacial score (nSPS) is 18.3. The number of ether oxygens (including phenoxy) is 1. The highest BCUT2D eigenvalue weighted by Gasteiger charge is 2.27. The summed E-state index contributed by atoms with van der Waals surface area (Å²) >= 11 is 11.5. The molecule has 86 valence electrons. The van der Waals surface area contributed by atoms with Crippen LogP contribution in [0.5, 0.6) is 0 Å². The first-order chi connectivity index (χ1) is 7.65. The highest BCUT2D eigenvalue weighted by atomic mass is 79.9. The average Bonchev–Trinajstić information content (AvgIpc) is 2.62. The predicted octanol–water partition coefficient (Wildman–Crippen LogP) is 4.06. The zero-order chi connectivity index (χ0) is 11.7. The molecule has 1 aromatic rings. The molecule has 0 N–H and O–H groups in total. The fourth-order valence-electron chi connectivity index (χ4n) is 1.61. The van der Waals surface area contributed by atoms with Crippen LogP contribution in [0.15, 0.2) is 17.0 Å². The molecule has 0 spiro atoms. The number of alkyl halides is 1. The van der Waals surface area contributed by atoms with Gasteiger partial charge in [0, 0.05) is 10.6 Å². The van der Waals surface area contributed by atoms with Crippen LogP contribution in [0.4, 0.5) is 0 Å². The number of rotatable bonds is 2. The van der Waals surface area contributed by atoms with Crippen molar-refractivity contribution in [1.29, 1.82) is 0 Å². The number of carbonyl (C=O) groups is 1. The van der Waals surface area contributed by atoms with Crippen molar-refractivity contribution in [2.75, 3.05) is 12.4 Å². The van der Waals surface area contributed by atoms with Gasteiger partial charge in [0.15, 0.2) is 0 Å². The second-order valence-corrected chi connectivity index (χ2v) is 5.88. The van der Waals surface area contributed by atoms with Crippen LogP contribution >= 0.6 is 39.3 Å². The van der Waals surface area contributed by atoms with Gasteiger partial charge in [0.2, 0.25) is 0 Å². The first kappa shape index (κ1) is 12.3. The van der Waals surface area contributed by atoms with Gasteiger partial charge in [-0.3, -0.25) is 0 Å². The molecule has 5 heteroatoms. The summed E-state index contributed by atoms with van der Waals surface area (Å²) in [7, 11) is 0. The van der Waals surface area contributed by atoms with E-state index in [4.69, 9.17) is 16.3 Å². The SMILES string of the molecule is CCOC(=O)c1ccc2c(c1Cl)C(Br)CS2. The predicted molar refractivity (Wildman–Crippen MR) is 69.8 cm³/mol. The lowest BCUT2D eigenvalue weighted by Crippen LogP contribution is -2.06. The Labute approximate surface area is 112 Å². The number of thioether (sulfide) groups is 1. The smallest absolute Gasteiger partial charge is 0.339 e. The number of benzene rings is 1. The number of hydrogen-bond acceptors (Lipinski definition) is 3. The highest BCUT2D eigenvalue weighted by Crippen LogP contribution is 2.47. The van der Waals surface area contributed by atoms with E-state index >= 15 is 0 Å². The van der Waals surface area contributed by atoms with Crippen LogP contribution in [0.25, 0.3) is 0 Å². The number of carbonyl (C=O) groups excluding carboxylic acids is 1. The van der Waals surface area contributed by atoms with E-state index in [-0.39, 0.29) is 10.8 Å². The van der Waals surface area contributed by atoms with E-state index in [1.165, 1.54) is 0 Å². The molecule has 1 atom stereocenters. The Hall–Kier alpha value is -0.190. The molecule has 1 aliphatic rings. The molecular weight excluding hydrogens is 312 g/mol. The number of fused-ring (bicyclic) bond motifs is 1. The second-order valence-electron chi connectivity index (χ2n) is 3.34. The van der Waals surface area contributed by atoms with E-state index in [1.807, 2.05) is 6.07 Å². The zero-order valence-electron chi connectivity index (χ0n) is 8.63. The minimum atomic E-state index is -0.355. The van der Waals surface area contributed by atoms with Crippen LogP contribution in [0.2, 0.25) is 5.02 Å². The summed E-state index contributed by atoms with van der Waals surface area (Å²) in [6, 6.07) is 3.66. The van der Waals surface area contributed by atoms with E-state index in [0.717, 1.165) is 16.2 Å². The Morgan fingerprint density at radius 3 is 3.12 bits per heavy atom. The molecule has 0 fully saturated rings. The van der Waals surface area contributed by atoms with Gasteiger partial charge in [-0.05, 0) is 24.6 Å². The molecular formula is C11H10BrClO2S. The third kappa shape index (κ3) is 2.11. The van der Waals surface area contributed by atoms with Gasteiger partial charge >= 0.3 is 5.97 Å². The molecule has 0 bridgehead atoms. The third-order valence-electron chi connectivity index (χ3n) is 2.33. The number of esters is 1. The van der Waals surface area contributed by atoms with Gasteiger partial charge in [0.05, 0.1) is 22.0 Å². The largest absolute Gasteiger partial charge is 0.462 e.